The van der Waals surface area contributed by atoms with Crippen molar-refractivity contribution in [3.05, 3.63) is 18.2 Å². The van der Waals surface area contributed by atoms with Gasteiger partial charge in [0.15, 0.2) is 0 Å². The van der Waals surface area contributed by atoms with Crippen LogP contribution >= 0.6 is 0 Å². The molecule has 1 aliphatic rings. The molecule has 1 aliphatic heterocycles. The zero-order valence-electron chi connectivity index (χ0n) is 11.0. The molecule has 0 aromatic carbocycles. The highest BCUT2D eigenvalue weighted by atomic mass is 16.4. The molecule has 2 rings (SSSR count). The van der Waals surface area contributed by atoms with Crippen molar-refractivity contribution in [2.24, 2.45) is 0 Å². The average Bonchev–Trinajstić information content (AvgIpc) is 2.90. The number of aliphatic carboxylic acids is 1. The van der Waals surface area contributed by atoms with Crippen molar-refractivity contribution in [2.75, 3.05) is 13.1 Å². The first kappa shape index (κ1) is 14.3. The summed E-state index contributed by atoms with van der Waals surface area (Å²) in [4.78, 5) is 31.2. The molecule has 1 fully saturated rings. The third kappa shape index (κ3) is 3.70. The second-order valence-electron chi connectivity index (χ2n) is 4.86. The smallest absolute Gasteiger partial charge is 0.326 e. The second kappa shape index (κ2) is 6.38. The van der Waals surface area contributed by atoms with E-state index >= 15 is 0 Å². The number of aliphatic hydroxyl groups excluding tert-OH is 1. The van der Waals surface area contributed by atoms with Gasteiger partial charge in [0.2, 0.25) is 0 Å². The van der Waals surface area contributed by atoms with Crippen molar-refractivity contribution in [1.29, 1.82) is 0 Å². The number of likely N-dealkylation sites (tertiary alicyclic amines) is 1. The van der Waals surface area contributed by atoms with Gasteiger partial charge in [0, 0.05) is 31.4 Å². The number of H-pyrrole nitrogens is 1. The number of hydrogen-bond acceptors (Lipinski definition) is 4. The average molecular weight is 282 g/mol. The summed E-state index contributed by atoms with van der Waals surface area (Å²) in [6, 6.07) is -1.49. The molecule has 0 spiro atoms. The van der Waals surface area contributed by atoms with E-state index in [1.165, 1.54) is 17.4 Å². The van der Waals surface area contributed by atoms with E-state index in [-0.39, 0.29) is 13.0 Å². The Morgan fingerprint density at radius 1 is 1.60 bits per heavy atom. The number of urea groups is 1. The summed E-state index contributed by atoms with van der Waals surface area (Å²) >= 11 is 0. The van der Waals surface area contributed by atoms with Crippen LogP contribution in [0.15, 0.2) is 12.5 Å². The number of aliphatic hydroxyl groups is 1. The lowest BCUT2D eigenvalue weighted by molar-refractivity contribution is -0.139. The van der Waals surface area contributed by atoms with Crippen molar-refractivity contribution in [3.63, 3.8) is 0 Å². The van der Waals surface area contributed by atoms with E-state index in [2.05, 4.69) is 15.3 Å². The largest absolute Gasteiger partial charge is 0.480 e. The van der Waals surface area contributed by atoms with Gasteiger partial charge < -0.3 is 25.4 Å². The van der Waals surface area contributed by atoms with Gasteiger partial charge in [0.05, 0.1) is 12.4 Å². The lowest BCUT2D eigenvalue weighted by Gasteiger charge is -2.31. The summed E-state index contributed by atoms with van der Waals surface area (Å²) < 4.78 is 0. The summed E-state index contributed by atoms with van der Waals surface area (Å²) in [5, 5.41) is 21.2. The molecule has 110 valence electrons. The van der Waals surface area contributed by atoms with Crippen molar-refractivity contribution in [2.45, 2.75) is 31.4 Å². The van der Waals surface area contributed by atoms with Gasteiger partial charge in [-0.05, 0) is 12.8 Å². The second-order valence-corrected chi connectivity index (χ2v) is 4.86. The predicted molar refractivity (Wildman–Crippen MR) is 69.1 cm³/mol. The number of amides is 2. The van der Waals surface area contributed by atoms with Crippen LogP contribution in [0, 0.1) is 0 Å². The van der Waals surface area contributed by atoms with Gasteiger partial charge in [-0.3, -0.25) is 0 Å². The molecule has 8 nitrogen and oxygen atoms in total. The highest BCUT2D eigenvalue weighted by Crippen LogP contribution is 2.10. The number of nitrogens with zero attached hydrogens (tertiary/aromatic N) is 2. The van der Waals surface area contributed by atoms with Crippen LogP contribution < -0.4 is 5.32 Å². The molecule has 0 saturated carbocycles. The lowest BCUT2D eigenvalue weighted by Crippen LogP contribution is -2.52. The predicted octanol–water partition coefficient (Wildman–Crippen LogP) is -0.428. The Morgan fingerprint density at radius 3 is 3.00 bits per heavy atom. The van der Waals surface area contributed by atoms with Gasteiger partial charge in [-0.2, -0.15) is 0 Å². The highest BCUT2D eigenvalue weighted by Gasteiger charge is 2.26. The quantitative estimate of drug-likeness (QED) is 0.597. The van der Waals surface area contributed by atoms with E-state index in [1.807, 2.05) is 0 Å². The molecule has 0 radical (unpaired) electrons. The molecular weight excluding hydrogens is 264 g/mol. The Morgan fingerprint density at radius 2 is 2.40 bits per heavy atom. The van der Waals surface area contributed by atoms with E-state index in [4.69, 9.17) is 5.11 Å². The number of nitrogens with one attached hydrogen (secondary N) is 2. The van der Waals surface area contributed by atoms with E-state index in [1.54, 1.807) is 0 Å². The Bertz CT molecular complexity index is 462. The van der Waals surface area contributed by atoms with Crippen LogP contribution in [0.5, 0.6) is 0 Å². The van der Waals surface area contributed by atoms with E-state index in [9.17, 15) is 14.7 Å². The van der Waals surface area contributed by atoms with Crippen LogP contribution in [0.4, 0.5) is 4.79 Å². The van der Waals surface area contributed by atoms with E-state index in [0.29, 0.717) is 25.1 Å². The fourth-order valence-corrected chi connectivity index (χ4v) is 2.20. The molecule has 1 aromatic rings. The zero-order chi connectivity index (χ0) is 14.5. The molecule has 8 heteroatoms. The summed E-state index contributed by atoms with van der Waals surface area (Å²) in [5.41, 5.74) is 0.636. The molecule has 2 unspecified atom stereocenters. The standard InChI is InChI=1S/C12H18N4O4/c17-9-2-1-3-16(6-9)12(20)15-10(11(18)19)4-8-5-13-7-14-8/h5,7,9-10,17H,1-4,6H2,(H,13,14)(H,15,20)(H,18,19). The molecular formula is C12H18N4O4. The van der Waals surface area contributed by atoms with Crippen molar-refractivity contribution in [1.82, 2.24) is 20.2 Å². The summed E-state index contributed by atoms with van der Waals surface area (Å²) in [5.74, 6) is -1.11. The van der Waals surface area contributed by atoms with Gasteiger partial charge in [-0.1, -0.05) is 0 Å². The highest BCUT2D eigenvalue weighted by molar-refractivity contribution is 5.82. The number of carboxylic acids is 1. The maximum Gasteiger partial charge on any atom is 0.326 e. The maximum absolute atomic E-state index is 12.0. The summed E-state index contributed by atoms with van der Waals surface area (Å²) in [6.07, 6.45) is 3.96. The first-order valence-corrected chi connectivity index (χ1v) is 6.50. The molecule has 0 bridgehead atoms. The van der Waals surface area contributed by atoms with E-state index in [0.717, 1.165) is 0 Å². The fourth-order valence-electron chi connectivity index (χ4n) is 2.20. The number of aromatic amines is 1. The van der Waals surface area contributed by atoms with Crippen molar-refractivity contribution in [3.8, 4) is 0 Å². The minimum Gasteiger partial charge on any atom is -0.480 e. The molecule has 2 atom stereocenters. The monoisotopic (exact) mass is 282 g/mol. The van der Waals surface area contributed by atoms with Crippen LogP contribution in [0.1, 0.15) is 18.5 Å². The Labute approximate surface area is 115 Å². The van der Waals surface area contributed by atoms with Crippen LogP contribution in [0.3, 0.4) is 0 Å². The topological polar surface area (TPSA) is 119 Å². The third-order valence-corrected chi connectivity index (χ3v) is 3.26. The number of hydrogen-bond donors (Lipinski definition) is 4. The SMILES string of the molecule is O=C(O)C(Cc1cnc[nH]1)NC(=O)N1CCCC(O)C1. The van der Waals surface area contributed by atoms with Crippen molar-refractivity contribution < 1.29 is 19.8 Å². The number of aromatic nitrogens is 2. The number of carboxylic acid groups (broad SMARTS) is 1. The maximum atomic E-state index is 12.0. The minimum atomic E-state index is -1.11. The molecule has 4 N–H and O–H groups in total. The molecule has 0 aliphatic carbocycles. The normalized spacial score (nSPS) is 20.4. The van der Waals surface area contributed by atoms with Gasteiger partial charge in [-0.25, -0.2) is 14.6 Å². The zero-order valence-corrected chi connectivity index (χ0v) is 11.0. The number of β-amino-alcohol motifs (C(OH)–C–C–N with tert-alkyl or cyclic N) is 1. The van der Waals surface area contributed by atoms with Gasteiger partial charge in [0.1, 0.15) is 6.04 Å². The lowest BCUT2D eigenvalue weighted by atomic mass is 10.1. The summed E-state index contributed by atoms with van der Waals surface area (Å²) in [7, 11) is 0. The van der Waals surface area contributed by atoms with Crippen LogP contribution in [-0.2, 0) is 11.2 Å². The fraction of sp³-hybridized carbons (Fsp3) is 0.583. The number of piperidine rings is 1. The first-order valence-electron chi connectivity index (χ1n) is 6.50. The minimum absolute atomic E-state index is 0.136. The molecule has 20 heavy (non-hydrogen) atoms. The van der Waals surface area contributed by atoms with Crippen molar-refractivity contribution >= 4 is 12.0 Å². The van der Waals surface area contributed by atoms with Gasteiger partial charge in [0.25, 0.3) is 0 Å². The Kier molecular flexibility index (Phi) is 4.57. The van der Waals surface area contributed by atoms with Gasteiger partial charge in [-0.15, -0.1) is 0 Å². The Hall–Kier alpha value is -2.09. The van der Waals surface area contributed by atoms with Crippen LogP contribution in [0.25, 0.3) is 0 Å². The van der Waals surface area contributed by atoms with Crippen LogP contribution in [0.2, 0.25) is 0 Å². The number of carbonyl (C=O) groups excluding carboxylic acids is 1. The Balaban J connectivity index is 1.93. The number of carbonyl (C=O) groups is 2. The third-order valence-electron chi connectivity index (χ3n) is 3.26. The number of rotatable bonds is 4. The molecule has 2 heterocycles. The number of imidazole rings is 1. The summed E-state index contributed by atoms with van der Waals surface area (Å²) in [6.45, 7) is 0.765. The molecule has 2 amide bonds. The molecule has 1 saturated heterocycles. The first-order chi connectivity index (χ1) is 9.56. The van der Waals surface area contributed by atoms with E-state index < -0.39 is 24.1 Å². The van der Waals surface area contributed by atoms with Gasteiger partial charge >= 0.3 is 12.0 Å². The molecule has 1 aromatic heterocycles. The van der Waals surface area contributed by atoms with Crippen LogP contribution in [-0.4, -0.2) is 62.3 Å².